The number of ether oxygens (including phenoxy) is 1. The lowest BCUT2D eigenvalue weighted by Crippen LogP contribution is -2.54. The van der Waals surface area contributed by atoms with Crippen molar-refractivity contribution in [1.82, 2.24) is 10.4 Å². The van der Waals surface area contributed by atoms with Crippen LogP contribution in [0, 0.1) is 6.92 Å². The Balaban J connectivity index is 2.75. The predicted octanol–water partition coefficient (Wildman–Crippen LogP) is 2.03. The highest BCUT2D eigenvalue weighted by atomic mass is 32.1. The molecule has 5 heteroatoms. The van der Waals surface area contributed by atoms with Gasteiger partial charge in [0.2, 0.25) is 0 Å². The Morgan fingerprint density at radius 1 is 1.59 bits per heavy atom. The fourth-order valence-corrected chi connectivity index (χ4v) is 2.72. The fraction of sp³-hybridized carbons (Fsp3) is 0.750. The molecule has 0 aliphatic heterocycles. The van der Waals surface area contributed by atoms with E-state index in [-0.39, 0.29) is 11.6 Å². The average Bonchev–Trinajstić information content (AvgIpc) is 2.72. The molecule has 2 atom stereocenters. The van der Waals surface area contributed by atoms with Gasteiger partial charge in [-0.1, -0.05) is 6.92 Å². The van der Waals surface area contributed by atoms with Gasteiger partial charge in [0.1, 0.15) is 0 Å². The standard InChI is InChI=1S/C12H23N3OS/c1-5-12(4,16-6-2)10(15-13)7-11-14-9(3)8-17-11/h8,10,15H,5-7,13H2,1-4H3. The largest absolute Gasteiger partial charge is 0.374 e. The van der Waals surface area contributed by atoms with Gasteiger partial charge in [0, 0.05) is 24.1 Å². The molecular weight excluding hydrogens is 234 g/mol. The Kier molecular flexibility index (Phi) is 5.52. The summed E-state index contributed by atoms with van der Waals surface area (Å²) < 4.78 is 5.85. The molecule has 17 heavy (non-hydrogen) atoms. The van der Waals surface area contributed by atoms with Crippen molar-refractivity contribution in [2.24, 2.45) is 5.84 Å². The van der Waals surface area contributed by atoms with Gasteiger partial charge in [0.25, 0.3) is 0 Å². The highest BCUT2D eigenvalue weighted by Gasteiger charge is 2.33. The number of nitrogens with zero attached hydrogens (tertiary/aromatic N) is 1. The zero-order chi connectivity index (χ0) is 12.9. The maximum atomic E-state index is 5.85. The molecule has 0 bridgehead atoms. The van der Waals surface area contributed by atoms with Crippen molar-refractivity contribution in [3.05, 3.63) is 16.1 Å². The molecule has 1 rings (SSSR count). The Bertz CT molecular complexity index is 342. The second-order valence-corrected chi connectivity index (χ2v) is 5.35. The summed E-state index contributed by atoms with van der Waals surface area (Å²) in [5.41, 5.74) is 3.70. The number of thiazole rings is 1. The van der Waals surface area contributed by atoms with Crippen LogP contribution in [0.4, 0.5) is 0 Å². The van der Waals surface area contributed by atoms with E-state index in [9.17, 15) is 0 Å². The highest BCUT2D eigenvalue weighted by molar-refractivity contribution is 7.09. The van der Waals surface area contributed by atoms with Crippen molar-refractivity contribution < 1.29 is 4.74 Å². The number of hydrogen-bond donors (Lipinski definition) is 2. The van der Waals surface area contributed by atoms with E-state index in [0.29, 0.717) is 6.61 Å². The molecule has 0 radical (unpaired) electrons. The summed E-state index contributed by atoms with van der Waals surface area (Å²) in [4.78, 5) is 4.47. The van der Waals surface area contributed by atoms with Crippen LogP contribution in [0.25, 0.3) is 0 Å². The Morgan fingerprint density at radius 3 is 2.71 bits per heavy atom. The van der Waals surface area contributed by atoms with Crippen LogP contribution in [0.5, 0.6) is 0 Å². The first kappa shape index (κ1) is 14.6. The third-order valence-corrected chi connectivity index (χ3v) is 4.15. The van der Waals surface area contributed by atoms with Crippen LogP contribution in [0.2, 0.25) is 0 Å². The highest BCUT2D eigenvalue weighted by Crippen LogP contribution is 2.23. The molecule has 0 saturated heterocycles. The van der Waals surface area contributed by atoms with Crippen LogP contribution in [-0.4, -0.2) is 23.2 Å². The van der Waals surface area contributed by atoms with Gasteiger partial charge in [-0.25, -0.2) is 4.98 Å². The summed E-state index contributed by atoms with van der Waals surface area (Å²) in [7, 11) is 0. The van der Waals surface area contributed by atoms with Crippen LogP contribution >= 0.6 is 11.3 Å². The Morgan fingerprint density at radius 2 is 2.29 bits per heavy atom. The lowest BCUT2D eigenvalue weighted by Gasteiger charge is -2.36. The fourth-order valence-electron chi connectivity index (χ4n) is 1.90. The Hall–Kier alpha value is -0.490. The van der Waals surface area contributed by atoms with E-state index >= 15 is 0 Å². The van der Waals surface area contributed by atoms with Crippen molar-refractivity contribution in [3.8, 4) is 0 Å². The smallest absolute Gasteiger partial charge is 0.0945 e. The number of nitrogens with two attached hydrogens (primary N) is 1. The first-order valence-electron chi connectivity index (χ1n) is 6.06. The van der Waals surface area contributed by atoms with Crippen LogP contribution < -0.4 is 11.3 Å². The van der Waals surface area contributed by atoms with Crippen molar-refractivity contribution >= 4 is 11.3 Å². The van der Waals surface area contributed by atoms with Crippen LogP contribution in [-0.2, 0) is 11.2 Å². The van der Waals surface area contributed by atoms with Crippen LogP contribution in [0.1, 0.15) is 37.9 Å². The molecular formula is C12H23N3OS. The van der Waals surface area contributed by atoms with Gasteiger partial charge >= 0.3 is 0 Å². The number of rotatable bonds is 7. The molecule has 0 aromatic carbocycles. The van der Waals surface area contributed by atoms with E-state index < -0.39 is 0 Å². The molecule has 1 aromatic rings. The van der Waals surface area contributed by atoms with Gasteiger partial charge in [-0.05, 0) is 27.2 Å². The molecule has 0 fully saturated rings. The van der Waals surface area contributed by atoms with Crippen molar-refractivity contribution in [2.45, 2.75) is 52.2 Å². The molecule has 0 amide bonds. The summed E-state index contributed by atoms with van der Waals surface area (Å²) in [5.74, 6) is 5.67. The second-order valence-electron chi connectivity index (χ2n) is 4.41. The van der Waals surface area contributed by atoms with Gasteiger partial charge < -0.3 is 4.74 Å². The van der Waals surface area contributed by atoms with Crippen LogP contribution in [0.15, 0.2) is 5.38 Å². The normalized spacial score (nSPS) is 16.8. The summed E-state index contributed by atoms with van der Waals surface area (Å²) >= 11 is 1.68. The lowest BCUT2D eigenvalue weighted by molar-refractivity contribution is -0.0550. The molecule has 0 spiro atoms. The van der Waals surface area contributed by atoms with Gasteiger partial charge in [-0.3, -0.25) is 11.3 Å². The summed E-state index contributed by atoms with van der Waals surface area (Å²) in [5, 5.41) is 3.16. The van der Waals surface area contributed by atoms with Gasteiger partial charge in [-0.15, -0.1) is 11.3 Å². The molecule has 1 heterocycles. The molecule has 0 aliphatic rings. The quantitative estimate of drug-likeness (QED) is 0.579. The minimum absolute atomic E-state index is 0.0815. The molecule has 1 aromatic heterocycles. The average molecular weight is 257 g/mol. The van der Waals surface area contributed by atoms with Crippen molar-refractivity contribution in [1.29, 1.82) is 0 Å². The van der Waals surface area contributed by atoms with E-state index in [2.05, 4.69) is 29.6 Å². The maximum absolute atomic E-state index is 5.85. The number of aryl methyl sites for hydroxylation is 1. The van der Waals surface area contributed by atoms with Gasteiger partial charge in [0.05, 0.1) is 16.7 Å². The first-order valence-corrected chi connectivity index (χ1v) is 6.94. The minimum Gasteiger partial charge on any atom is -0.374 e. The molecule has 0 saturated carbocycles. The van der Waals surface area contributed by atoms with E-state index in [4.69, 9.17) is 10.6 Å². The summed E-state index contributed by atoms with van der Waals surface area (Å²) in [6.07, 6.45) is 1.72. The third kappa shape index (κ3) is 3.74. The predicted molar refractivity (Wildman–Crippen MR) is 72.0 cm³/mol. The topological polar surface area (TPSA) is 60.2 Å². The third-order valence-electron chi connectivity index (χ3n) is 3.16. The van der Waals surface area contributed by atoms with E-state index in [0.717, 1.165) is 23.5 Å². The first-order chi connectivity index (χ1) is 8.05. The van der Waals surface area contributed by atoms with E-state index in [1.807, 2.05) is 13.8 Å². The summed E-state index contributed by atoms with van der Waals surface area (Å²) in [6, 6.07) is 0.0815. The molecule has 98 valence electrons. The monoisotopic (exact) mass is 257 g/mol. The molecule has 2 unspecified atom stereocenters. The SMILES string of the molecule is CCOC(C)(CC)C(Cc1nc(C)cs1)NN. The number of hydrazine groups is 1. The number of aromatic nitrogens is 1. The molecule has 4 nitrogen and oxygen atoms in total. The van der Waals surface area contributed by atoms with Crippen molar-refractivity contribution in [3.63, 3.8) is 0 Å². The Labute approximate surface area is 108 Å². The minimum atomic E-state index is -0.247. The van der Waals surface area contributed by atoms with E-state index in [1.54, 1.807) is 11.3 Å². The van der Waals surface area contributed by atoms with Crippen LogP contribution in [0.3, 0.4) is 0 Å². The summed E-state index contributed by atoms with van der Waals surface area (Å²) in [6.45, 7) is 8.93. The van der Waals surface area contributed by atoms with Gasteiger partial charge in [0.15, 0.2) is 0 Å². The molecule has 3 N–H and O–H groups in total. The zero-order valence-corrected chi connectivity index (χ0v) is 11.9. The van der Waals surface area contributed by atoms with Gasteiger partial charge in [-0.2, -0.15) is 0 Å². The number of nitrogens with one attached hydrogen (secondary N) is 1. The number of hydrogen-bond acceptors (Lipinski definition) is 5. The maximum Gasteiger partial charge on any atom is 0.0945 e. The van der Waals surface area contributed by atoms with Crippen molar-refractivity contribution in [2.75, 3.05) is 6.61 Å². The zero-order valence-electron chi connectivity index (χ0n) is 11.1. The van der Waals surface area contributed by atoms with E-state index in [1.165, 1.54) is 0 Å². The second kappa shape index (κ2) is 6.44. The molecule has 0 aliphatic carbocycles. The lowest BCUT2D eigenvalue weighted by atomic mass is 9.91.